The third-order valence-electron chi connectivity index (χ3n) is 4.21. The van der Waals surface area contributed by atoms with Gasteiger partial charge in [0.1, 0.15) is 0 Å². The van der Waals surface area contributed by atoms with Crippen LogP contribution in [0, 0.1) is 0 Å². The molecule has 0 aliphatic carbocycles. The van der Waals surface area contributed by atoms with Crippen LogP contribution in [0.2, 0.25) is 0 Å². The summed E-state index contributed by atoms with van der Waals surface area (Å²) in [6.07, 6.45) is 0. The average Bonchev–Trinajstić information content (AvgIpc) is 2.68. The molecule has 0 aliphatic heterocycles. The van der Waals surface area contributed by atoms with E-state index in [0.29, 0.717) is 16.3 Å². The number of nitrogens with one attached hydrogen (secondary N) is 1. The molecule has 0 bridgehead atoms. The molecule has 0 radical (unpaired) electrons. The number of Topliss-reactive ketones (excluding diaryl/α,β-unsaturated/α-hetero) is 1. The van der Waals surface area contributed by atoms with Crippen molar-refractivity contribution in [2.75, 3.05) is 10.6 Å². The minimum atomic E-state index is 0.0311. The predicted molar refractivity (Wildman–Crippen MR) is 113 cm³/mol. The van der Waals surface area contributed by atoms with Crippen molar-refractivity contribution in [1.82, 2.24) is 0 Å². The van der Waals surface area contributed by atoms with E-state index in [1.54, 1.807) is 23.5 Å². The van der Waals surface area contributed by atoms with E-state index in [1.165, 1.54) is 0 Å². The molecule has 4 aromatic rings. The first-order valence-corrected chi connectivity index (χ1v) is 10.0. The summed E-state index contributed by atoms with van der Waals surface area (Å²) in [7, 11) is 0. The second-order valence-corrected chi connectivity index (χ2v) is 7.51. The molecule has 0 unspecified atom stereocenters. The number of benzene rings is 3. The van der Waals surface area contributed by atoms with E-state index in [1.807, 2.05) is 54.6 Å². The van der Waals surface area contributed by atoms with E-state index < -0.39 is 0 Å². The molecule has 0 aliphatic rings. The Hall–Kier alpha value is -2.50. The van der Waals surface area contributed by atoms with E-state index in [4.69, 9.17) is 0 Å². The maximum Gasteiger partial charge on any atom is 0.197 e. The van der Waals surface area contributed by atoms with Crippen molar-refractivity contribution in [3.8, 4) is 0 Å². The molecule has 5 heteroatoms. The third-order valence-corrected chi connectivity index (χ3v) is 5.86. The summed E-state index contributed by atoms with van der Waals surface area (Å²) in [6.45, 7) is 0. The first kappa shape index (κ1) is 16.9. The molecular formula is C21H14BrNO2S. The first-order chi connectivity index (χ1) is 12.7. The van der Waals surface area contributed by atoms with Gasteiger partial charge < -0.3 is 5.32 Å². The molecule has 0 fully saturated rings. The summed E-state index contributed by atoms with van der Waals surface area (Å²) in [5.41, 5.74) is 2.29. The second-order valence-electron chi connectivity index (χ2n) is 5.87. The summed E-state index contributed by atoms with van der Waals surface area (Å²) in [4.78, 5) is 24.7. The monoisotopic (exact) mass is 423 g/mol. The Morgan fingerprint density at radius 1 is 0.923 bits per heavy atom. The van der Waals surface area contributed by atoms with Crippen molar-refractivity contribution in [3.63, 3.8) is 0 Å². The Balaban J connectivity index is 1.80. The van der Waals surface area contributed by atoms with Gasteiger partial charge in [-0.15, -0.1) is 11.3 Å². The van der Waals surface area contributed by atoms with Gasteiger partial charge in [-0.25, -0.2) is 0 Å². The average molecular weight is 424 g/mol. The topological polar surface area (TPSA) is 46.2 Å². The van der Waals surface area contributed by atoms with Crippen LogP contribution in [-0.2, 0) is 0 Å². The lowest BCUT2D eigenvalue weighted by molar-refractivity contribution is 0.102. The number of halogens is 1. The maximum absolute atomic E-state index is 13.0. The summed E-state index contributed by atoms with van der Waals surface area (Å²) in [5, 5.41) is 5.05. The Morgan fingerprint density at radius 3 is 2.42 bits per heavy atom. The smallest absolute Gasteiger partial charge is 0.197 e. The highest BCUT2D eigenvalue weighted by molar-refractivity contribution is 9.09. The third kappa shape index (κ3) is 3.04. The second kappa shape index (κ2) is 7.02. The summed E-state index contributed by atoms with van der Waals surface area (Å²) < 4.78 is 1.93. The number of fused-ring (bicyclic) bond motifs is 2. The quantitative estimate of drug-likeness (QED) is 0.258. The molecule has 26 heavy (non-hydrogen) atoms. The molecule has 1 aromatic heterocycles. The van der Waals surface area contributed by atoms with Gasteiger partial charge in [0.25, 0.3) is 0 Å². The molecule has 3 aromatic carbocycles. The summed E-state index contributed by atoms with van der Waals surface area (Å²) in [5.74, 6) is 0.0387. The van der Waals surface area contributed by atoms with Crippen LogP contribution >= 0.6 is 27.3 Å². The van der Waals surface area contributed by atoms with E-state index in [2.05, 4.69) is 21.2 Å². The van der Waals surface area contributed by atoms with Crippen LogP contribution in [0.15, 0.2) is 71.5 Å². The molecule has 3 nitrogen and oxygen atoms in total. The Bertz CT molecular complexity index is 1180. The van der Waals surface area contributed by atoms with Crippen molar-refractivity contribution < 1.29 is 4.79 Å². The van der Waals surface area contributed by atoms with Crippen molar-refractivity contribution in [3.05, 3.63) is 82.5 Å². The van der Waals surface area contributed by atoms with Gasteiger partial charge in [0.15, 0.2) is 11.2 Å². The van der Waals surface area contributed by atoms with Crippen LogP contribution in [-0.4, -0.2) is 11.1 Å². The lowest BCUT2D eigenvalue weighted by atomic mass is 10.1. The van der Waals surface area contributed by atoms with E-state index in [9.17, 15) is 9.59 Å². The van der Waals surface area contributed by atoms with Gasteiger partial charge in [0.2, 0.25) is 0 Å². The van der Waals surface area contributed by atoms with Gasteiger partial charge in [-0.05, 0) is 48.5 Å². The molecule has 0 saturated carbocycles. The van der Waals surface area contributed by atoms with Gasteiger partial charge in [0, 0.05) is 26.0 Å². The number of anilines is 2. The lowest BCUT2D eigenvalue weighted by Crippen LogP contribution is -2.04. The fourth-order valence-corrected chi connectivity index (χ4v) is 4.35. The summed E-state index contributed by atoms with van der Waals surface area (Å²) in [6, 6.07) is 20.8. The van der Waals surface area contributed by atoms with Gasteiger partial charge in [-0.2, -0.15) is 0 Å². The number of carbonyl (C=O) groups is 1. The van der Waals surface area contributed by atoms with Crippen LogP contribution in [0.4, 0.5) is 11.4 Å². The molecule has 4 rings (SSSR count). The van der Waals surface area contributed by atoms with Crippen molar-refractivity contribution in [2.45, 2.75) is 0 Å². The van der Waals surface area contributed by atoms with E-state index in [-0.39, 0.29) is 11.2 Å². The van der Waals surface area contributed by atoms with Crippen molar-refractivity contribution in [1.29, 1.82) is 0 Å². The van der Waals surface area contributed by atoms with Crippen LogP contribution in [0.1, 0.15) is 10.4 Å². The predicted octanol–water partition coefficient (Wildman–Crippen LogP) is 5.74. The molecule has 1 N–H and O–H groups in total. The molecular weight excluding hydrogens is 410 g/mol. The van der Waals surface area contributed by atoms with Gasteiger partial charge in [-0.3, -0.25) is 9.59 Å². The zero-order chi connectivity index (χ0) is 18.1. The maximum atomic E-state index is 13.0. The highest BCUT2D eigenvalue weighted by Gasteiger charge is 2.10. The number of carbonyl (C=O) groups excluding carboxylic acids is 1. The number of hydrogen-bond acceptors (Lipinski definition) is 4. The fourth-order valence-electron chi connectivity index (χ4n) is 2.92. The number of rotatable bonds is 4. The molecule has 128 valence electrons. The normalized spacial score (nSPS) is 11.0. The van der Waals surface area contributed by atoms with E-state index >= 15 is 0 Å². The summed E-state index contributed by atoms with van der Waals surface area (Å²) >= 11 is 4.79. The minimum absolute atomic E-state index is 0.0311. The Morgan fingerprint density at radius 2 is 1.65 bits per heavy atom. The molecule has 0 saturated heterocycles. The Kier molecular flexibility index (Phi) is 4.57. The van der Waals surface area contributed by atoms with Crippen LogP contribution < -0.4 is 10.7 Å². The molecule has 1 heterocycles. The van der Waals surface area contributed by atoms with Crippen LogP contribution in [0.25, 0.3) is 20.2 Å². The Labute approximate surface area is 162 Å². The zero-order valence-corrected chi connectivity index (χ0v) is 16.1. The SMILES string of the molecule is O=C(CBr)c1ccc(Nc2cccc3sc4ccccc4c(=O)c23)cc1. The van der Waals surface area contributed by atoms with Crippen molar-refractivity contribution in [2.24, 2.45) is 0 Å². The molecule has 0 atom stereocenters. The van der Waals surface area contributed by atoms with Crippen molar-refractivity contribution >= 4 is 64.6 Å². The number of hydrogen-bond donors (Lipinski definition) is 1. The van der Waals surface area contributed by atoms with E-state index in [0.717, 1.165) is 26.2 Å². The number of ketones is 1. The molecule has 0 spiro atoms. The van der Waals surface area contributed by atoms with Gasteiger partial charge >= 0.3 is 0 Å². The molecule has 0 amide bonds. The van der Waals surface area contributed by atoms with Crippen LogP contribution in [0.3, 0.4) is 0 Å². The largest absolute Gasteiger partial charge is 0.355 e. The standard InChI is InChI=1S/C21H14BrNO2S/c22-12-17(24)13-8-10-14(11-9-13)23-16-5-3-7-19-20(16)21(25)15-4-1-2-6-18(15)26-19/h1-11,23H,12H2. The highest BCUT2D eigenvalue weighted by atomic mass is 79.9. The fraction of sp³-hybridized carbons (Fsp3) is 0.0476. The van der Waals surface area contributed by atoms with Gasteiger partial charge in [-0.1, -0.05) is 34.1 Å². The van der Waals surface area contributed by atoms with Gasteiger partial charge in [0.05, 0.1) is 16.4 Å². The lowest BCUT2D eigenvalue weighted by Gasteiger charge is -2.10. The zero-order valence-electron chi connectivity index (χ0n) is 13.7. The first-order valence-electron chi connectivity index (χ1n) is 8.08. The highest BCUT2D eigenvalue weighted by Crippen LogP contribution is 2.30. The minimum Gasteiger partial charge on any atom is -0.355 e. The number of alkyl halides is 1. The van der Waals surface area contributed by atoms with Crippen LogP contribution in [0.5, 0.6) is 0 Å².